The van der Waals surface area contributed by atoms with Crippen molar-refractivity contribution < 1.29 is 0 Å². The van der Waals surface area contributed by atoms with E-state index in [1.54, 1.807) is 0 Å². The largest absolute Gasteiger partial charge is 0.238 e. The molecule has 0 amide bonds. The molecule has 96 valence electrons. The van der Waals surface area contributed by atoms with Crippen LogP contribution < -0.4 is 0 Å². The van der Waals surface area contributed by atoms with E-state index in [0.29, 0.717) is 0 Å². The van der Waals surface area contributed by atoms with Crippen molar-refractivity contribution in [2.24, 2.45) is 0 Å². The molecule has 0 radical (unpaired) electrons. The Bertz CT molecular complexity index is 578. The van der Waals surface area contributed by atoms with Crippen LogP contribution in [0.3, 0.4) is 0 Å². The van der Waals surface area contributed by atoms with Gasteiger partial charge in [0.05, 0.1) is 11.4 Å². The van der Waals surface area contributed by atoms with Gasteiger partial charge in [-0.15, -0.1) is 0 Å². The summed E-state index contributed by atoms with van der Waals surface area (Å²) in [5.41, 5.74) is 4.21. The maximum Gasteiger partial charge on any atom is 0.129 e. The lowest BCUT2D eigenvalue weighted by atomic mass is 9.76. The number of rotatable bonds is 3. The van der Waals surface area contributed by atoms with E-state index in [4.69, 9.17) is 0 Å². The van der Waals surface area contributed by atoms with Crippen LogP contribution in [0, 0.1) is 0 Å². The predicted octanol–water partition coefficient (Wildman–Crippen LogP) is 3.44. The zero-order valence-electron chi connectivity index (χ0n) is 11.1. The minimum Gasteiger partial charge on any atom is -0.238 e. The van der Waals surface area contributed by atoms with Crippen LogP contribution in [-0.4, -0.2) is 9.97 Å². The molecule has 2 bridgehead atoms. The Morgan fingerprint density at radius 2 is 1.58 bits per heavy atom. The SMILES string of the molecule is c1ccc(C2(Cc3nc4cc(n3)C4)CCCC2)cc1. The van der Waals surface area contributed by atoms with E-state index in [-0.39, 0.29) is 5.41 Å². The van der Waals surface area contributed by atoms with Gasteiger partial charge in [-0.3, -0.25) is 0 Å². The van der Waals surface area contributed by atoms with Crippen LogP contribution in [0.5, 0.6) is 0 Å². The van der Waals surface area contributed by atoms with Crippen molar-refractivity contribution in [3.05, 3.63) is 59.2 Å². The molecule has 1 aromatic carbocycles. The van der Waals surface area contributed by atoms with E-state index in [1.807, 2.05) is 0 Å². The lowest BCUT2D eigenvalue weighted by Gasteiger charge is -2.30. The molecular weight excluding hydrogens is 232 g/mol. The lowest BCUT2D eigenvalue weighted by molar-refractivity contribution is 0.424. The molecule has 0 unspecified atom stereocenters. The van der Waals surface area contributed by atoms with Gasteiger partial charge in [0.25, 0.3) is 0 Å². The van der Waals surface area contributed by atoms with Crippen molar-refractivity contribution in [3.63, 3.8) is 0 Å². The van der Waals surface area contributed by atoms with Crippen LogP contribution in [-0.2, 0) is 18.3 Å². The Morgan fingerprint density at radius 1 is 0.947 bits per heavy atom. The zero-order valence-corrected chi connectivity index (χ0v) is 11.1. The summed E-state index contributed by atoms with van der Waals surface area (Å²) >= 11 is 0. The summed E-state index contributed by atoms with van der Waals surface area (Å²) in [6.07, 6.45) is 7.22. The van der Waals surface area contributed by atoms with Crippen molar-refractivity contribution in [3.8, 4) is 0 Å². The monoisotopic (exact) mass is 250 g/mol. The average molecular weight is 250 g/mol. The zero-order chi connectivity index (χ0) is 12.7. The van der Waals surface area contributed by atoms with Crippen LogP contribution in [0.4, 0.5) is 0 Å². The van der Waals surface area contributed by atoms with Gasteiger partial charge in [-0.2, -0.15) is 0 Å². The summed E-state index contributed by atoms with van der Waals surface area (Å²) in [5.74, 6) is 1.06. The van der Waals surface area contributed by atoms with Gasteiger partial charge in [-0.05, 0) is 24.5 Å². The quantitative estimate of drug-likeness (QED) is 0.711. The standard InChI is InChI=1S/C17H18N2/c1-2-6-13(7-3-1)17(8-4-5-9-17)12-16-18-14-10-15(11-14)19-16/h1-3,6-7,10H,4-5,8-9,11-12H2. The fourth-order valence-corrected chi connectivity index (χ4v) is 3.64. The highest BCUT2D eigenvalue weighted by atomic mass is 14.9. The molecule has 0 atom stereocenters. The van der Waals surface area contributed by atoms with Crippen molar-refractivity contribution >= 4 is 0 Å². The van der Waals surface area contributed by atoms with Gasteiger partial charge in [-0.25, -0.2) is 9.97 Å². The predicted molar refractivity (Wildman–Crippen MR) is 75.1 cm³/mol. The topological polar surface area (TPSA) is 25.8 Å². The molecule has 2 aromatic rings. The van der Waals surface area contributed by atoms with Crippen LogP contribution in [0.15, 0.2) is 36.4 Å². The Balaban J connectivity index is 1.69. The van der Waals surface area contributed by atoms with Crippen molar-refractivity contribution in [2.75, 3.05) is 0 Å². The van der Waals surface area contributed by atoms with Crippen LogP contribution in [0.1, 0.15) is 48.5 Å². The number of nitrogens with zero attached hydrogens (tertiary/aromatic N) is 2. The first kappa shape index (κ1) is 11.2. The highest BCUT2D eigenvalue weighted by Crippen LogP contribution is 2.43. The van der Waals surface area contributed by atoms with Gasteiger partial charge in [-0.1, -0.05) is 43.2 Å². The molecule has 2 heterocycles. The highest BCUT2D eigenvalue weighted by molar-refractivity contribution is 5.31. The number of fused-ring (bicyclic) bond motifs is 2. The first-order chi connectivity index (χ1) is 9.34. The maximum atomic E-state index is 4.67. The number of hydrogen-bond donors (Lipinski definition) is 0. The fraction of sp³-hybridized carbons (Fsp3) is 0.412. The molecule has 0 N–H and O–H groups in total. The minimum absolute atomic E-state index is 0.286. The Kier molecular flexibility index (Phi) is 2.44. The van der Waals surface area contributed by atoms with E-state index in [0.717, 1.165) is 18.7 Å². The number of benzene rings is 1. The Labute approximate surface area is 113 Å². The summed E-state index contributed by atoms with van der Waals surface area (Å²) < 4.78 is 0. The van der Waals surface area contributed by atoms with Crippen molar-refractivity contribution in [1.29, 1.82) is 0 Å². The smallest absolute Gasteiger partial charge is 0.129 e. The Hall–Kier alpha value is -1.70. The van der Waals surface area contributed by atoms with Gasteiger partial charge in [0.15, 0.2) is 0 Å². The van der Waals surface area contributed by atoms with Gasteiger partial charge >= 0.3 is 0 Å². The number of aromatic nitrogens is 2. The first-order valence-corrected chi connectivity index (χ1v) is 7.25. The van der Waals surface area contributed by atoms with Crippen LogP contribution in [0.2, 0.25) is 0 Å². The molecule has 2 heteroatoms. The van der Waals surface area contributed by atoms with E-state index >= 15 is 0 Å². The van der Waals surface area contributed by atoms with Crippen LogP contribution >= 0.6 is 0 Å². The minimum atomic E-state index is 0.286. The molecule has 1 aliphatic heterocycles. The second-order valence-electron chi connectivity index (χ2n) is 5.97. The Morgan fingerprint density at radius 3 is 2.21 bits per heavy atom. The van der Waals surface area contributed by atoms with E-state index < -0.39 is 0 Å². The molecule has 2 nitrogen and oxygen atoms in total. The molecule has 19 heavy (non-hydrogen) atoms. The van der Waals surface area contributed by atoms with Crippen molar-refractivity contribution in [1.82, 2.24) is 9.97 Å². The third-order valence-electron chi connectivity index (χ3n) is 4.68. The maximum absolute atomic E-state index is 4.67. The normalized spacial score (nSPS) is 19.2. The third kappa shape index (κ3) is 1.86. The summed E-state index contributed by atoms with van der Waals surface area (Å²) in [4.78, 5) is 9.34. The van der Waals surface area contributed by atoms with Crippen molar-refractivity contribution in [2.45, 2.75) is 43.9 Å². The molecule has 0 spiro atoms. The van der Waals surface area contributed by atoms with E-state index in [9.17, 15) is 0 Å². The highest BCUT2D eigenvalue weighted by Gasteiger charge is 2.36. The molecule has 5 rings (SSSR count). The molecule has 2 aliphatic carbocycles. The first-order valence-electron chi connectivity index (χ1n) is 7.25. The third-order valence-corrected chi connectivity index (χ3v) is 4.68. The number of hydrogen-bond acceptors (Lipinski definition) is 2. The van der Waals surface area contributed by atoms with Gasteiger partial charge in [0.2, 0.25) is 0 Å². The molecule has 3 aliphatic rings. The van der Waals surface area contributed by atoms with Gasteiger partial charge in [0.1, 0.15) is 5.82 Å². The fourth-order valence-electron chi connectivity index (χ4n) is 3.64. The molecular formula is C17H18N2. The summed E-state index contributed by atoms with van der Waals surface area (Å²) in [5, 5.41) is 0. The lowest BCUT2D eigenvalue weighted by Crippen LogP contribution is -2.27. The van der Waals surface area contributed by atoms with E-state index in [1.165, 1.54) is 42.6 Å². The molecule has 1 aromatic heterocycles. The molecule has 0 saturated heterocycles. The second kappa shape index (κ2) is 4.16. The second-order valence-corrected chi connectivity index (χ2v) is 5.97. The van der Waals surface area contributed by atoms with Crippen LogP contribution in [0.25, 0.3) is 0 Å². The van der Waals surface area contributed by atoms with Gasteiger partial charge in [0, 0.05) is 18.3 Å². The van der Waals surface area contributed by atoms with E-state index in [2.05, 4.69) is 46.4 Å². The summed E-state index contributed by atoms with van der Waals surface area (Å²) in [7, 11) is 0. The van der Waals surface area contributed by atoms with Gasteiger partial charge < -0.3 is 0 Å². The summed E-state index contributed by atoms with van der Waals surface area (Å²) in [6, 6.07) is 13.1. The summed E-state index contributed by atoms with van der Waals surface area (Å²) in [6.45, 7) is 0. The molecule has 1 fully saturated rings. The molecule has 1 saturated carbocycles. The average Bonchev–Trinajstić information content (AvgIpc) is 2.89.